The minimum Gasteiger partial charge on any atom is -0.371 e. The zero-order valence-corrected chi connectivity index (χ0v) is 21.7. The van der Waals surface area contributed by atoms with Crippen molar-refractivity contribution in [3.63, 3.8) is 0 Å². The van der Waals surface area contributed by atoms with Crippen LogP contribution in [0.4, 0.5) is 34.6 Å². The molecule has 6 nitrogen and oxygen atoms in total. The van der Waals surface area contributed by atoms with Crippen molar-refractivity contribution < 1.29 is 22.4 Å². The number of nitrogens with zero attached hydrogens (tertiary/aromatic N) is 3. The van der Waals surface area contributed by atoms with Gasteiger partial charge in [-0.25, -0.2) is 17.6 Å². The number of aromatic nitrogens is 1. The fraction of sp³-hybridized carbons (Fsp3) is 0.379. The predicted molar refractivity (Wildman–Crippen MR) is 144 cm³/mol. The molecule has 2 aliphatic heterocycles. The van der Waals surface area contributed by atoms with Crippen LogP contribution in [0, 0.1) is 29.2 Å². The highest BCUT2D eigenvalue weighted by molar-refractivity contribution is 6.06. The maximum atomic E-state index is 15.7. The van der Waals surface area contributed by atoms with Gasteiger partial charge in [0.1, 0.15) is 23.3 Å². The van der Waals surface area contributed by atoms with Crippen molar-refractivity contribution in [2.45, 2.75) is 38.6 Å². The number of anilines is 3. The number of halogens is 4. The molecule has 3 heterocycles. The van der Waals surface area contributed by atoms with Gasteiger partial charge in [0.2, 0.25) is 0 Å². The van der Waals surface area contributed by atoms with Crippen LogP contribution in [0.5, 0.6) is 0 Å². The summed E-state index contributed by atoms with van der Waals surface area (Å²) < 4.78 is 60.9. The van der Waals surface area contributed by atoms with Crippen molar-refractivity contribution >= 4 is 23.0 Å². The van der Waals surface area contributed by atoms with E-state index in [1.807, 2.05) is 9.80 Å². The van der Waals surface area contributed by atoms with Gasteiger partial charge in [0, 0.05) is 44.1 Å². The van der Waals surface area contributed by atoms with Gasteiger partial charge in [-0.15, -0.1) is 0 Å². The molecule has 2 aliphatic rings. The van der Waals surface area contributed by atoms with E-state index < -0.39 is 45.9 Å². The van der Waals surface area contributed by atoms with Crippen molar-refractivity contribution in [3.05, 3.63) is 71.6 Å². The van der Waals surface area contributed by atoms with E-state index in [4.69, 9.17) is 5.73 Å². The maximum absolute atomic E-state index is 15.7. The number of rotatable bonds is 5. The molecule has 3 N–H and O–H groups in total. The number of carbonyl (C=O) groups excluding carboxylic acids is 1. The van der Waals surface area contributed by atoms with Crippen LogP contribution in [0.25, 0.3) is 11.1 Å². The summed E-state index contributed by atoms with van der Waals surface area (Å²) in [7, 11) is 0. The molecule has 0 spiro atoms. The summed E-state index contributed by atoms with van der Waals surface area (Å²) in [5, 5.41) is 2.63. The van der Waals surface area contributed by atoms with Crippen molar-refractivity contribution in [1.29, 1.82) is 0 Å². The lowest BCUT2D eigenvalue weighted by atomic mass is 9.96. The molecule has 5 rings (SSSR count). The third kappa shape index (κ3) is 5.56. The Bertz CT molecular complexity index is 1340. The molecule has 2 atom stereocenters. The average Bonchev–Trinajstić information content (AvgIpc) is 2.90. The van der Waals surface area contributed by atoms with Crippen LogP contribution < -0.4 is 20.9 Å². The molecule has 39 heavy (non-hydrogen) atoms. The van der Waals surface area contributed by atoms with Gasteiger partial charge in [0.25, 0.3) is 5.91 Å². The molecule has 0 aliphatic carbocycles. The number of benzene rings is 2. The van der Waals surface area contributed by atoms with Crippen molar-refractivity contribution in [3.8, 4) is 11.1 Å². The van der Waals surface area contributed by atoms with Crippen LogP contribution in [0.3, 0.4) is 0 Å². The Morgan fingerprint density at radius 3 is 2.36 bits per heavy atom. The SMILES string of the molecule is C[C@@H]1C[C@H](N)CN(c2ccncc2NC(=O)c2ccc(F)c(-c3c(F)cc(N4CCCCC4)cc3F)c2F)C1. The van der Waals surface area contributed by atoms with Gasteiger partial charge in [0.05, 0.1) is 34.3 Å². The Balaban J connectivity index is 1.46. The standard InChI is InChI=1S/C29H31F4N5O/c1-17-11-18(34)16-38(15-17)25-7-8-35-14-24(25)36-29(39)20-5-6-21(30)27(28(20)33)26-22(31)12-19(13-23(26)32)37-9-3-2-4-10-37/h5-8,12-14,17-18H,2-4,9-11,15-16,34H2,1H3,(H,36,39)/t17-,18+/m1/s1. The van der Waals surface area contributed by atoms with Crippen molar-refractivity contribution in [2.75, 3.05) is 41.3 Å². The van der Waals surface area contributed by atoms with Gasteiger partial charge in [0.15, 0.2) is 0 Å². The van der Waals surface area contributed by atoms with Gasteiger partial charge in [-0.2, -0.15) is 0 Å². The first-order valence-electron chi connectivity index (χ1n) is 13.2. The van der Waals surface area contributed by atoms with E-state index >= 15 is 13.2 Å². The lowest BCUT2D eigenvalue weighted by Crippen LogP contribution is -2.46. The predicted octanol–water partition coefficient (Wildman–Crippen LogP) is 5.72. The second kappa shape index (κ2) is 11.2. The van der Waals surface area contributed by atoms with E-state index in [0.29, 0.717) is 49.2 Å². The molecule has 0 radical (unpaired) electrons. The van der Waals surface area contributed by atoms with Crippen LogP contribution in [0.15, 0.2) is 42.7 Å². The number of hydrogen-bond acceptors (Lipinski definition) is 5. The smallest absolute Gasteiger partial charge is 0.258 e. The third-order valence-corrected chi connectivity index (χ3v) is 7.41. The normalized spacial score (nSPS) is 19.7. The highest BCUT2D eigenvalue weighted by Gasteiger charge is 2.28. The fourth-order valence-electron chi connectivity index (χ4n) is 5.64. The van der Waals surface area contributed by atoms with Gasteiger partial charge in [-0.1, -0.05) is 6.92 Å². The summed E-state index contributed by atoms with van der Waals surface area (Å²) >= 11 is 0. The van der Waals surface area contributed by atoms with E-state index in [-0.39, 0.29) is 6.04 Å². The van der Waals surface area contributed by atoms with Gasteiger partial charge < -0.3 is 20.9 Å². The molecule has 0 bridgehead atoms. The average molecular weight is 542 g/mol. The summed E-state index contributed by atoms with van der Waals surface area (Å²) in [6.07, 6.45) is 6.71. The molecule has 0 saturated carbocycles. The number of nitrogens with two attached hydrogens (primary N) is 1. The zero-order chi connectivity index (χ0) is 27.7. The number of piperidine rings is 2. The highest BCUT2D eigenvalue weighted by Crippen LogP contribution is 2.36. The second-order valence-corrected chi connectivity index (χ2v) is 10.5. The quantitative estimate of drug-likeness (QED) is 0.404. The lowest BCUT2D eigenvalue weighted by Gasteiger charge is -2.37. The van der Waals surface area contributed by atoms with Crippen LogP contribution in [-0.4, -0.2) is 43.1 Å². The van der Waals surface area contributed by atoms with Crippen LogP contribution in [-0.2, 0) is 0 Å². The monoisotopic (exact) mass is 541 g/mol. The largest absolute Gasteiger partial charge is 0.371 e. The van der Waals surface area contributed by atoms with E-state index in [9.17, 15) is 9.18 Å². The Kier molecular flexibility index (Phi) is 7.74. The summed E-state index contributed by atoms with van der Waals surface area (Å²) in [4.78, 5) is 21.1. The minimum atomic E-state index is -1.35. The van der Waals surface area contributed by atoms with Crippen molar-refractivity contribution in [1.82, 2.24) is 4.98 Å². The number of hydrogen-bond donors (Lipinski definition) is 2. The molecule has 206 valence electrons. The lowest BCUT2D eigenvalue weighted by molar-refractivity contribution is 0.102. The summed E-state index contributed by atoms with van der Waals surface area (Å²) in [5.74, 6) is -5.30. The van der Waals surface area contributed by atoms with Crippen molar-refractivity contribution in [2.24, 2.45) is 11.7 Å². The van der Waals surface area contributed by atoms with E-state index in [1.165, 1.54) is 6.20 Å². The zero-order valence-electron chi connectivity index (χ0n) is 21.7. The first-order valence-corrected chi connectivity index (χ1v) is 13.2. The van der Waals surface area contributed by atoms with Gasteiger partial charge in [-0.05, 0) is 61.9 Å². The first-order chi connectivity index (χ1) is 18.7. The Labute approximate surface area is 224 Å². The third-order valence-electron chi connectivity index (χ3n) is 7.41. The van der Waals surface area contributed by atoms with Gasteiger partial charge >= 0.3 is 0 Å². The Hall–Kier alpha value is -3.66. The number of carbonyl (C=O) groups is 1. The molecule has 10 heteroatoms. The highest BCUT2D eigenvalue weighted by atomic mass is 19.1. The molecule has 1 amide bonds. The van der Waals surface area contributed by atoms with Crippen LogP contribution in [0.2, 0.25) is 0 Å². The fourth-order valence-corrected chi connectivity index (χ4v) is 5.64. The summed E-state index contributed by atoms with van der Waals surface area (Å²) in [6, 6.07) is 5.63. The molecule has 1 aromatic heterocycles. The molecule has 2 saturated heterocycles. The van der Waals surface area contributed by atoms with E-state index in [1.54, 1.807) is 12.3 Å². The molecular weight excluding hydrogens is 510 g/mol. The molecule has 2 aromatic carbocycles. The molecular formula is C29H31F4N5O. The molecule has 0 unspecified atom stereocenters. The summed E-state index contributed by atoms with van der Waals surface area (Å²) in [5.41, 5.74) is 5.15. The van der Waals surface area contributed by atoms with Gasteiger partial charge in [-0.3, -0.25) is 9.78 Å². The maximum Gasteiger partial charge on any atom is 0.258 e. The van der Waals surface area contributed by atoms with Crippen LogP contribution >= 0.6 is 0 Å². The Morgan fingerprint density at radius 2 is 1.67 bits per heavy atom. The molecule has 3 aromatic rings. The topological polar surface area (TPSA) is 74.5 Å². The summed E-state index contributed by atoms with van der Waals surface area (Å²) in [6.45, 7) is 4.66. The second-order valence-electron chi connectivity index (χ2n) is 10.5. The van der Waals surface area contributed by atoms with E-state index in [0.717, 1.165) is 49.9 Å². The molecule has 2 fully saturated rings. The number of amides is 1. The number of nitrogens with one attached hydrogen (secondary N) is 1. The van der Waals surface area contributed by atoms with Crippen LogP contribution in [0.1, 0.15) is 43.0 Å². The minimum absolute atomic E-state index is 0.0475. The van der Waals surface area contributed by atoms with E-state index in [2.05, 4.69) is 17.2 Å². The first kappa shape index (κ1) is 26.9. The Morgan fingerprint density at radius 1 is 0.949 bits per heavy atom. The number of pyridine rings is 1.